The van der Waals surface area contributed by atoms with Gasteiger partial charge in [-0.25, -0.2) is 0 Å². The maximum absolute atomic E-state index is 6.27. The summed E-state index contributed by atoms with van der Waals surface area (Å²) in [5.41, 5.74) is 3.19. The first-order chi connectivity index (χ1) is 8.93. The summed E-state index contributed by atoms with van der Waals surface area (Å²) >= 11 is 6.01. The van der Waals surface area contributed by atoms with Crippen molar-refractivity contribution in [2.45, 2.75) is 45.4 Å². The molecule has 19 heavy (non-hydrogen) atoms. The van der Waals surface area contributed by atoms with E-state index in [1.807, 2.05) is 0 Å². The summed E-state index contributed by atoms with van der Waals surface area (Å²) < 4.78 is 6.27. The van der Waals surface area contributed by atoms with Crippen LogP contribution in [0.3, 0.4) is 0 Å². The van der Waals surface area contributed by atoms with E-state index in [9.17, 15) is 0 Å². The summed E-state index contributed by atoms with van der Waals surface area (Å²) in [5, 5.41) is 0. The molecule has 0 radical (unpaired) electrons. The molecule has 0 saturated heterocycles. The van der Waals surface area contributed by atoms with Crippen LogP contribution >= 0.6 is 11.6 Å². The van der Waals surface area contributed by atoms with Crippen molar-refractivity contribution < 1.29 is 4.43 Å². The molecule has 0 aliphatic heterocycles. The summed E-state index contributed by atoms with van der Waals surface area (Å²) in [5.74, 6) is 0. The molecule has 0 spiro atoms. The van der Waals surface area contributed by atoms with Crippen LogP contribution in [0.5, 0.6) is 0 Å². The zero-order chi connectivity index (χ0) is 14.3. The third kappa shape index (κ3) is 6.95. The molecule has 1 nitrogen and oxygen atoms in total. The third-order valence-electron chi connectivity index (χ3n) is 2.98. The van der Waals surface area contributed by atoms with E-state index in [2.05, 4.69) is 56.9 Å². The van der Waals surface area contributed by atoms with Crippen LogP contribution in [-0.4, -0.2) is 19.9 Å². The standard InChI is InChI=1S/C16H25ClOSi/c1-14(2)12-16(18-19(3,4)13-17)11-10-15-8-6-5-7-9-15/h5-9,16H,1,10-13H2,2-4H3. The fourth-order valence-electron chi connectivity index (χ4n) is 2.05. The first-order valence-electron chi connectivity index (χ1n) is 6.85. The summed E-state index contributed by atoms with van der Waals surface area (Å²) in [6.45, 7) is 10.4. The largest absolute Gasteiger partial charge is 0.413 e. The number of alkyl halides is 1. The van der Waals surface area contributed by atoms with Crippen molar-refractivity contribution >= 4 is 19.9 Å². The topological polar surface area (TPSA) is 9.23 Å². The minimum atomic E-state index is -1.72. The van der Waals surface area contributed by atoms with Gasteiger partial charge < -0.3 is 4.43 Å². The van der Waals surface area contributed by atoms with E-state index in [0.29, 0.717) is 5.50 Å². The molecule has 0 aromatic heterocycles. The Kier molecular flexibility index (Phi) is 6.84. The molecule has 106 valence electrons. The predicted molar refractivity (Wildman–Crippen MR) is 87.3 cm³/mol. The average Bonchev–Trinajstić information content (AvgIpc) is 2.36. The second kappa shape index (κ2) is 7.88. The molecular weight excluding hydrogens is 272 g/mol. The maximum atomic E-state index is 6.27. The second-order valence-corrected chi connectivity index (χ2v) is 10.6. The van der Waals surface area contributed by atoms with Crippen molar-refractivity contribution in [2.24, 2.45) is 0 Å². The van der Waals surface area contributed by atoms with Gasteiger partial charge in [-0.2, -0.15) is 0 Å². The van der Waals surface area contributed by atoms with Gasteiger partial charge in [0.2, 0.25) is 8.32 Å². The van der Waals surface area contributed by atoms with E-state index in [1.165, 1.54) is 11.1 Å². The number of rotatable bonds is 8. The number of halogens is 1. The van der Waals surface area contributed by atoms with Gasteiger partial charge in [-0.3, -0.25) is 0 Å². The molecule has 0 heterocycles. The van der Waals surface area contributed by atoms with E-state index in [0.717, 1.165) is 19.3 Å². The minimum Gasteiger partial charge on any atom is -0.413 e. The van der Waals surface area contributed by atoms with Crippen molar-refractivity contribution in [3.8, 4) is 0 Å². The molecule has 1 aromatic carbocycles. The second-order valence-electron chi connectivity index (χ2n) is 5.82. The van der Waals surface area contributed by atoms with Crippen molar-refractivity contribution in [3.05, 3.63) is 48.0 Å². The lowest BCUT2D eigenvalue weighted by molar-refractivity contribution is 0.183. The van der Waals surface area contributed by atoms with Crippen LogP contribution in [0.4, 0.5) is 0 Å². The lowest BCUT2D eigenvalue weighted by atomic mass is 10.0. The summed E-state index contributed by atoms with van der Waals surface area (Å²) in [7, 11) is -1.72. The summed E-state index contributed by atoms with van der Waals surface area (Å²) in [6.07, 6.45) is 3.26. The highest BCUT2D eigenvalue weighted by atomic mass is 35.5. The zero-order valence-electron chi connectivity index (χ0n) is 12.3. The van der Waals surface area contributed by atoms with E-state index in [4.69, 9.17) is 16.0 Å². The van der Waals surface area contributed by atoms with Crippen LogP contribution in [0.15, 0.2) is 42.5 Å². The van der Waals surface area contributed by atoms with Gasteiger partial charge in [-0.05, 0) is 44.8 Å². The van der Waals surface area contributed by atoms with E-state index < -0.39 is 8.32 Å². The molecule has 1 unspecified atom stereocenters. The summed E-state index contributed by atoms with van der Waals surface area (Å²) in [6, 6.07) is 10.6. The van der Waals surface area contributed by atoms with Crippen LogP contribution < -0.4 is 0 Å². The van der Waals surface area contributed by atoms with Gasteiger partial charge in [0.05, 0.1) is 0 Å². The van der Waals surface area contributed by atoms with Gasteiger partial charge in [-0.1, -0.05) is 35.9 Å². The predicted octanol–water partition coefficient (Wildman–Crippen LogP) is 4.95. The van der Waals surface area contributed by atoms with Gasteiger partial charge in [0.15, 0.2) is 0 Å². The Hall–Kier alpha value is -0.573. The Morgan fingerprint density at radius 1 is 1.32 bits per heavy atom. The maximum Gasteiger partial charge on any atom is 0.201 e. The van der Waals surface area contributed by atoms with Crippen LogP contribution in [0, 0.1) is 0 Å². The molecule has 0 amide bonds. The molecule has 0 aliphatic rings. The minimum absolute atomic E-state index is 0.248. The van der Waals surface area contributed by atoms with Gasteiger partial charge in [-0.15, -0.1) is 18.2 Å². The quantitative estimate of drug-likeness (QED) is 0.374. The average molecular weight is 297 g/mol. The first-order valence-corrected chi connectivity index (χ1v) is 10.5. The van der Waals surface area contributed by atoms with Crippen molar-refractivity contribution in [2.75, 3.05) is 5.50 Å². The Balaban J connectivity index is 2.57. The first kappa shape index (κ1) is 16.5. The number of aryl methyl sites for hydroxylation is 1. The highest BCUT2D eigenvalue weighted by Gasteiger charge is 2.25. The van der Waals surface area contributed by atoms with Crippen LogP contribution in [0.25, 0.3) is 0 Å². The molecule has 0 bridgehead atoms. The van der Waals surface area contributed by atoms with Crippen molar-refractivity contribution in [3.63, 3.8) is 0 Å². The Labute approximate surface area is 123 Å². The Bertz CT molecular complexity index is 389. The van der Waals surface area contributed by atoms with Crippen molar-refractivity contribution in [1.82, 2.24) is 0 Å². The molecule has 1 aromatic rings. The third-order valence-corrected chi connectivity index (χ3v) is 6.53. The molecular formula is C16H25ClOSi. The molecule has 0 fully saturated rings. The zero-order valence-corrected chi connectivity index (χ0v) is 14.0. The monoisotopic (exact) mass is 296 g/mol. The van der Waals surface area contributed by atoms with Crippen molar-refractivity contribution in [1.29, 1.82) is 0 Å². The van der Waals surface area contributed by atoms with E-state index in [-0.39, 0.29) is 6.10 Å². The van der Waals surface area contributed by atoms with Gasteiger partial charge >= 0.3 is 0 Å². The molecule has 0 saturated carbocycles. The van der Waals surface area contributed by atoms with Gasteiger partial charge in [0, 0.05) is 11.6 Å². The SMILES string of the molecule is C=C(C)CC(CCc1ccccc1)O[Si](C)(C)CCl. The number of hydrogen-bond acceptors (Lipinski definition) is 1. The highest BCUT2D eigenvalue weighted by molar-refractivity contribution is 6.77. The highest BCUT2D eigenvalue weighted by Crippen LogP contribution is 2.19. The summed E-state index contributed by atoms with van der Waals surface area (Å²) in [4.78, 5) is 0. The molecule has 1 rings (SSSR count). The molecule has 0 N–H and O–H groups in total. The Morgan fingerprint density at radius 2 is 1.95 bits per heavy atom. The van der Waals surface area contributed by atoms with Gasteiger partial charge in [0.25, 0.3) is 0 Å². The lowest BCUT2D eigenvalue weighted by Crippen LogP contribution is -2.38. The molecule has 3 heteroatoms. The lowest BCUT2D eigenvalue weighted by Gasteiger charge is -2.28. The van der Waals surface area contributed by atoms with Crippen LogP contribution in [0.2, 0.25) is 13.1 Å². The molecule has 1 atom stereocenters. The van der Waals surface area contributed by atoms with E-state index in [1.54, 1.807) is 0 Å². The fraction of sp³-hybridized carbons (Fsp3) is 0.500. The Morgan fingerprint density at radius 3 is 2.47 bits per heavy atom. The number of hydrogen-bond donors (Lipinski definition) is 0. The molecule has 0 aliphatic carbocycles. The normalized spacial score (nSPS) is 13.3. The van der Waals surface area contributed by atoms with Crippen LogP contribution in [0.1, 0.15) is 25.3 Å². The fourth-order valence-corrected chi connectivity index (χ4v) is 3.40. The van der Waals surface area contributed by atoms with Crippen LogP contribution in [-0.2, 0) is 10.8 Å². The smallest absolute Gasteiger partial charge is 0.201 e. The van der Waals surface area contributed by atoms with E-state index >= 15 is 0 Å². The number of benzene rings is 1. The van der Waals surface area contributed by atoms with Gasteiger partial charge in [0.1, 0.15) is 0 Å².